The first-order valence-electron chi connectivity index (χ1n) is 4.73. The van der Waals surface area contributed by atoms with E-state index in [0.29, 0.717) is 11.0 Å². The SMILES string of the molecule is COC12CCC(C)(CC1)CC2. The first-order chi connectivity index (χ1) is 5.18. The molecule has 0 radical (unpaired) electrons. The molecule has 1 heteroatoms. The van der Waals surface area contributed by atoms with Crippen LogP contribution in [0.5, 0.6) is 0 Å². The number of hydrogen-bond acceptors (Lipinski definition) is 1. The molecule has 0 aromatic heterocycles. The lowest BCUT2D eigenvalue weighted by molar-refractivity contribution is -0.111. The number of ether oxygens (including phenoxy) is 1. The van der Waals surface area contributed by atoms with Crippen molar-refractivity contribution in [3.8, 4) is 0 Å². The van der Waals surface area contributed by atoms with Gasteiger partial charge in [-0.1, -0.05) is 6.92 Å². The van der Waals surface area contributed by atoms with Crippen LogP contribution in [0.1, 0.15) is 45.4 Å². The number of methoxy groups -OCH3 is 1. The number of fused-ring (bicyclic) bond motifs is 3. The highest BCUT2D eigenvalue weighted by Gasteiger charge is 2.46. The van der Waals surface area contributed by atoms with Crippen molar-refractivity contribution >= 4 is 0 Å². The second kappa shape index (κ2) is 2.22. The van der Waals surface area contributed by atoms with Crippen molar-refractivity contribution in [2.75, 3.05) is 7.11 Å². The van der Waals surface area contributed by atoms with Gasteiger partial charge in [0.25, 0.3) is 0 Å². The van der Waals surface area contributed by atoms with Crippen LogP contribution in [0.2, 0.25) is 0 Å². The summed E-state index contributed by atoms with van der Waals surface area (Å²) in [4.78, 5) is 0. The largest absolute Gasteiger partial charge is 0.378 e. The van der Waals surface area contributed by atoms with Crippen molar-refractivity contribution < 1.29 is 4.74 Å². The maximum Gasteiger partial charge on any atom is 0.0679 e. The molecule has 0 atom stereocenters. The van der Waals surface area contributed by atoms with Gasteiger partial charge < -0.3 is 4.74 Å². The molecule has 0 amide bonds. The van der Waals surface area contributed by atoms with Gasteiger partial charge >= 0.3 is 0 Å². The van der Waals surface area contributed by atoms with Gasteiger partial charge in [-0.05, 0) is 43.9 Å². The van der Waals surface area contributed by atoms with E-state index in [9.17, 15) is 0 Å². The van der Waals surface area contributed by atoms with Crippen LogP contribution in [0.3, 0.4) is 0 Å². The van der Waals surface area contributed by atoms with E-state index >= 15 is 0 Å². The average Bonchev–Trinajstić information content (AvgIpc) is 2.07. The number of hydrogen-bond donors (Lipinski definition) is 0. The van der Waals surface area contributed by atoms with Crippen LogP contribution in [0.15, 0.2) is 0 Å². The summed E-state index contributed by atoms with van der Waals surface area (Å²) in [7, 11) is 1.88. The van der Waals surface area contributed by atoms with Crippen LogP contribution < -0.4 is 0 Å². The fourth-order valence-corrected chi connectivity index (χ4v) is 2.64. The van der Waals surface area contributed by atoms with E-state index in [2.05, 4.69) is 6.92 Å². The minimum Gasteiger partial charge on any atom is -0.378 e. The first-order valence-corrected chi connectivity index (χ1v) is 4.73. The zero-order valence-electron chi connectivity index (χ0n) is 7.65. The van der Waals surface area contributed by atoms with Crippen LogP contribution in [0.4, 0.5) is 0 Å². The van der Waals surface area contributed by atoms with Gasteiger partial charge in [0.1, 0.15) is 0 Å². The quantitative estimate of drug-likeness (QED) is 0.564. The lowest BCUT2D eigenvalue weighted by Gasteiger charge is -2.51. The second-order valence-electron chi connectivity index (χ2n) is 4.70. The maximum absolute atomic E-state index is 5.61. The number of rotatable bonds is 1. The van der Waals surface area contributed by atoms with Gasteiger partial charge in [-0.3, -0.25) is 0 Å². The van der Waals surface area contributed by atoms with Crippen molar-refractivity contribution in [3.05, 3.63) is 0 Å². The zero-order valence-corrected chi connectivity index (χ0v) is 7.65. The fraction of sp³-hybridized carbons (Fsp3) is 1.00. The zero-order chi connectivity index (χ0) is 7.95. The Labute approximate surface area is 69.1 Å². The smallest absolute Gasteiger partial charge is 0.0679 e. The third kappa shape index (κ3) is 1.10. The van der Waals surface area contributed by atoms with Crippen LogP contribution in [-0.4, -0.2) is 12.7 Å². The highest BCUT2D eigenvalue weighted by Crippen LogP contribution is 2.53. The van der Waals surface area contributed by atoms with Crippen molar-refractivity contribution in [1.29, 1.82) is 0 Å². The summed E-state index contributed by atoms with van der Waals surface area (Å²) < 4.78 is 5.61. The molecule has 0 heterocycles. The van der Waals surface area contributed by atoms with Gasteiger partial charge in [-0.25, -0.2) is 0 Å². The van der Waals surface area contributed by atoms with E-state index < -0.39 is 0 Å². The molecule has 2 bridgehead atoms. The third-order valence-corrected chi connectivity index (χ3v) is 3.99. The standard InChI is InChI=1S/C10H18O/c1-9-3-6-10(11-2,7-4-9)8-5-9/h3-8H2,1-2H3. The third-order valence-electron chi connectivity index (χ3n) is 3.99. The predicted octanol–water partition coefficient (Wildman–Crippen LogP) is 2.75. The van der Waals surface area contributed by atoms with E-state index in [1.807, 2.05) is 7.11 Å². The minimum atomic E-state index is 0.303. The molecule has 0 aromatic carbocycles. The molecule has 3 rings (SSSR count). The molecule has 3 saturated carbocycles. The Bertz CT molecular complexity index is 138. The monoisotopic (exact) mass is 154 g/mol. The van der Waals surface area contributed by atoms with Crippen LogP contribution in [-0.2, 0) is 4.74 Å². The highest BCUT2D eigenvalue weighted by molar-refractivity contribution is 4.98. The molecule has 1 nitrogen and oxygen atoms in total. The molecule has 0 aliphatic heterocycles. The maximum atomic E-state index is 5.61. The fourth-order valence-electron chi connectivity index (χ4n) is 2.64. The molecule has 3 aliphatic rings. The van der Waals surface area contributed by atoms with Crippen molar-refractivity contribution in [3.63, 3.8) is 0 Å². The van der Waals surface area contributed by atoms with E-state index in [-0.39, 0.29) is 0 Å². The molecular formula is C10H18O. The topological polar surface area (TPSA) is 9.23 Å². The summed E-state index contributed by atoms with van der Waals surface area (Å²) in [6, 6.07) is 0. The normalized spacial score (nSPS) is 49.6. The Hall–Kier alpha value is -0.0400. The van der Waals surface area contributed by atoms with Crippen LogP contribution in [0.25, 0.3) is 0 Å². The summed E-state index contributed by atoms with van der Waals surface area (Å²) in [5.41, 5.74) is 0.984. The second-order valence-corrected chi connectivity index (χ2v) is 4.70. The Morgan fingerprint density at radius 2 is 1.36 bits per heavy atom. The van der Waals surface area contributed by atoms with Gasteiger partial charge in [-0.2, -0.15) is 0 Å². The molecule has 0 saturated heterocycles. The molecule has 64 valence electrons. The summed E-state index contributed by atoms with van der Waals surface area (Å²) in [6.45, 7) is 2.44. The van der Waals surface area contributed by atoms with Crippen LogP contribution >= 0.6 is 0 Å². The van der Waals surface area contributed by atoms with Gasteiger partial charge in [0.2, 0.25) is 0 Å². The van der Waals surface area contributed by atoms with Crippen molar-refractivity contribution in [2.45, 2.75) is 51.0 Å². The molecule has 0 unspecified atom stereocenters. The molecule has 11 heavy (non-hydrogen) atoms. The van der Waals surface area contributed by atoms with E-state index in [0.717, 1.165) is 0 Å². The Morgan fingerprint density at radius 3 is 1.73 bits per heavy atom. The molecule has 0 aromatic rings. The van der Waals surface area contributed by atoms with Gasteiger partial charge in [0.05, 0.1) is 5.60 Å². The molecule has 3 fully saturated rings. The lowest BCUT2D eigenvalue weighted by Crippen LogP contribution is -2.45. The van der Waals surface area contributed by atoms with Gasteiger partial charge in [0.15, 0.2) is 0 Å². The molecule has 0 spiro atoms. The lowest BCUT2D eigenvalue weighted by atomic mass is 9.59. The summed E-state index contributed by atoms with van der Waals surface area (Å²) in [5.74, 6) is 0. The predicted molar refractivity (Wildman–Crippen MR) is 45.5 cm³/mol. The first kappa shape index (κ1) is 7.60. The molecule has 0 N–H and O–H groups in total. The minimum absolute atomic E-state index is 0.303. The Kier molecular flexibility index (Phi) is 1.54. The Balaban J connectivity index is 2.12. The van der Waals surface area contributed by atoms with Gasteiger partial charge in [0, 0.05) is 7.11 Å². The van der Waals surface area contributed by atoms with Crippen molar-refractivity contribution in [2.24, 2.45) is 5.41 Å². The van der Waals surface area contributed by atoms with E-state index in [1.165, 1.54) is 38.5 Å². The van der Waals surface area contributed by atoms with E-state index in [4.69, 9.17) is 4.74 Å². The van der Waals surface area contributed by atoms with Crippen LogP contribution in [0, 0.1) is 5.41 Å². The highest BCUT2D eigenvalue weighted by atomic mass is 16.5. The Morgan fingerprint density at radius 1 is 0.909 bits per heavy atom. The van der Waals surface area contributed by atoms with Crippen molar-refractivity contribution in [1.82, 2.24) is 0 Å². The molecule has 3 aliphatic carbocycles. The van der Waals surface area contributed by atoms with Gasteiger partial charge in [-0.15, -0.1) is 0 Å². The average molecular weight is 154 g/mol. The summed E-state index contributed by atoms with van der Waals surface area (Å²) in [5, 5.41) is 0. The van der Waals surface area contributed by atoms with E-state index in [1.54, 1.807) is 0 Å². The summed E-state index contributed by atoms with van der Waals surface area (Å²) >= 11 is 0. The molecular weight excluding hydrogens is 136 g/mol. The summed E-state index contributed by atoms with van der Waals surface area (Å²) in [6.07, 6.45) is 8.09.